The van der Waals surface area contributed by atoms with Crippen LogP contribution in [0, 0.1) is 36.5 Å². The van der Waals surface area contributed by atoms with Crippen molar-refractivity contribution in [3.05, 3.63) is 34.9 Å². The fourth-order valence-electron chi connectivity index (χ4n) is 2.25. The number of aromatic nitrogens is 4. The fraction of sp³-hybridized carbons (Fsp3) is 0.214. The molecule has 0 saturated carbocycles. The number of nitriles is 2. The number of hydrogen-bond acceptors (Lipinski definition) is 7. The van der Waals surface area contributed by atoms with Gasteiger partial charge in [0.25, 0.3) is 0 Å². The zero-order valence-corrected chi connectivity index (χ0v) is 12.0. The summed E-state index contributed by atoms with van der Waals surface area (Å²) >= 11 is 0. The van der Waals surface area contributed by atoms with Gasteiger partial charge in [-0.25, -0.2) is 9.97 Å². The van der Waals surface area contributed by atoms with Crippen LogP contribution in [0.5, 0.6) is 0 Å². The molecule has 3 rings (SSSR count). The first-order valence-corrected chi connectivity index (χ1v) is 6.42. The number of aryl methyl sites for hydroxylation is 2. The Labute approximate surface area is 125 Å². The molecule has 0 amide bonds. The molecule has 0 saturated heterocycles. The Morgan fingerprint density at radius 1 is 1.27 bits per heavy atom. The minimum absolute atomic E-state index is 0.0706. The Morgan fingerprint density at radius 2 is 2.05 bits per heavy atom. The molecular formula is C14H11N7O. The van der Waals surface area contributed by atoms with E-state index in [0.29, 0.717) is 22.7 Å². The number of rotatable bonds is 2. The van der Waals surface area contributed by atoms with E-state index in [1.54, 1.807) is 0 Å². The maximum atomic E-state index is 9.12. The van der Waals surface area contributed by atoms with Crippen molar-refractivity contribution in [1.82, 2.24) is 19.5 Å². The van der Waals surface area contributed by atoms with Gasteiger partial charge in [0.1, 0.15) is 23.7 Å². The summed E-state index contributed by atoms with van der Waals surface area (Å²) in [6, 6.07) is 3.81. The highest BCUT2D eigenvalue weighted by molar-refractivity contribution is 5.88. The minimum Gasteiger partial charge on any atom is -0.443 e. The summed E-state index contributed by atoms with van der Waals surface area (Å²) in [5, 5.41) is 18.7. The molecule has 8 nitrogen and oxygen atoms in total. The molecule has 2 N–H and O–H groups in total. The molecule has 0 aromatic carbocycles. The van der Waals surface area contributed by atoms with E-state index in [2.05, 4.69) is 15.0 Å². The number of nitrogens with zero attached hydrogens (tertiary/aromatic N) is 6. The van der Waals surface area contributed by atoms with Crippen molar-refractivity contribution in [2.45, 2.75) is 20.4 Å². The highest BCUT2D eigenvalue weighted by Crippen LogP contribution is 2.27. The third kappa shape index (κ3) is 1.95. The smallest absolute Gasteiger partial charge is 0.232 e. The molecule has 0 spiro atoms. The third-order valence-electron chi connectivity index (χ3n) is 3.46. The summed E-state index contributed by atoms with van der Waals surface area (Å²) in [5.74, 6) is 1.45. The van der Waals surface area contributed by atoms with Gasteiger partial charge in [-0.3, -0.25) is 0 Å². The lowest BCUT2D eigenvalue weighted by atomic mass is 10.2. The van der Waals surface area contributed by atoms with E-state index in [0.717, 1.165) is 11.3 Å². The van der Waals surface area contributed by atoms with Gasteiger partial charge in [-0.15, -0.1) is 0 Å². The topological polar surface area (TPSA) is 130 Å². The van der Waals surface area contributed by atoms with Crippen LogP contribution in [0.15, 0.2) is 10.7 Å². The van der Waals surface area contributed by atoms with E-state index >= 15 is 0 Å². The maximum absolute atomic E-state index is 9.12. The molecule has 3 heterocycles. The molecule has 0 atom stereocenters. The van der Waals surface area contributed by atoms with Crippen LogP contribution in [0.4, 0.5) is 5.82 Å². The molecule has 3 aromatic heterocycles. The second-order valence-electron chi connectivity index (χ2n) is 4.78. The van der Waals surface area contributed by atoms with E-state index in [4.69, 9.17) is 20.7 Å². The first-order chi connectivity index (χ1) is 10.5. The molecule has 0 fully saturated rings. The quantitative estimate of drug-likeness (QED) is 0.755. The van der Waals surface area contributed by atoms with E-state index in [1.165, 1.54) is 10.9 Å². The SMILES string of the molecule is Cc1oc2nc(Cn3cnc(C#N)c3C#N)nc(N)c2c1C. The second-order valence-corrected chi connectivity index (χ2v) is 4.78. The summed E-state index contributed by atoms with van der Waals surface area (Å²) in [4.78, 5) is 12.4. The van der Waals surface area contributed by atoms with Gasteiger partial charge in [0.05, 0.1) is 18.3 Å². The second kappa shape index (κ2) is 4.86. The average Bonchev–Trinajstić information content (AvgIpc) is 3.00. The van der Waals surface area contributed by atoms with Crippen molar-refractivity contribution >= 4 is 16.9 Å². The predicted octanol–water partition coefficient (Wildman–Crippen LogP) is 1.41. The van der Waals surface area contributed by atoms with Crippen molar-refractivity contribution in [3.8, 4) is 12.1 Å². The van der Waals surface area contributed by atoms with Gasteiger partial charge in [0.2, 0.25) is 5.71 Å². The van der Waals surface area contributed by atoms with Crippen LogP contribution in [-0.4, -0.2) is 19.5 Å². The van der Waals surface area contributed by atoms with Crippen LogP contribution < -0.4 is 5.73 Å². The first-order valence-electron chi connectivity index (χ1n) is 6.42. The molecule has 22 heavy (non-hydrogen) atoms. The Balaban J connectivity index is 2.08. The summed E-state index contributed by atoms with van der Waals surface area (Å²) in [7, 11) is 0. The summed E-state index contributed by atoms with van der Waals surface area (Å²) < 4.78 is 7.07. The lowest BCUT2D eigenvalue weighted by Crippen LogP contribution is -2.07. The van der Waals surface area contributed by atoms with Crippen molar-refractivity contribution in [3.63, 3.8) is 0 Å². The van der Waals surface area contributed by atoms with Crippen LogP contribution in [0.25, 0.3) is 11.1 Å². The molecule has 3 aromatic rings. The number of furan rings is 1. The van der Waals surface area contributed by atoms with Crippen LogP contribution >= 0.6 is 0 Å². The Kier molecular flexibility index (Phi) is 3.00. The highest BCUT2D eigenvalue weighted by atomic mass is 16.3. The van der Waals surface area contributed by atoms with E-state index < -0.39 is 0 Å². The Bertz CT molecular complexity index is 968. The van der Waals surface area contributed by atoms with Gasteiger partial charge in [0, 0.05) is 5.56 Å². The number of imidazole rings is 1. The van der Waals surface area contributed by atoms with E-state index in [9.17, 15) is 0 Å². The van der Waals surface area contributed by atoms with Crippen molar-refractivity contribution in [2.24, 2.45) is 0 Å². The van der Waals surface area contributed by atoms with Gasteiger partial charge in [-0.05, 0) is 13.8 Å². The molecule has 0 bridgehead atoms. The molecule has 108 valence electrons. The largest absolute Gasteiger partial charge is 0.443 e. The number of anilines is 1. The normalized spacial score (nSPS) is 10.5. The Morgan fingerprint density at radius 3 is 2.73 bits per heavy atom. The standard InChI is InChI=1S/C14H11N7O/c1-7-8(2)22-14-12(7)13(17)19-11(20-14)5-21-6-18-9(3-15)10(21)4-16/h6H,5H2,1-2H3,(H2,17,19,20). The maximum Gasteiger partial charge on any atom is 0.232 e. The van der Waals surface area contributed by atoms with Crippen LogP contribution in [0.2, 0.25) is 0 Å². The highest BCUT2D eigenvalue weighted by Gasteiger charge is 2.16. The number of hydrogen-bond donors (Lipinski definition) is 1. The molecule has 0 unspecified atom stereocenters. The predicted molar refractivity (Wildman–Crippen MR) is 76.4 cm³/mol. The van der Waals surface area contributed by atoms with Gasteiger partial charge >= 0.3 is 0 Å². The Hall–Kier alpha value is -3.39. The molecule has 8 heteroatoms. The van der Waals surface area contributed by atoms with Gasteiger partial charge in [-0.1, -0.05) is 0 Å². The van der Waals surface area contributed by atoms with Gasteiger partial charge < -0.3 is 14.7 Å². The van der Waals surface area contributed by atoms with E-state index in [-0.39, 0.29) is 17.9 Å². The molecular weight excluding hydrogens is 282 g/mol. The first kappa shape index (κ1) is 13.6. The lowest BCUT2D eigenvalue weighted by molar-refractivity contribution is 0.560. The average molecular weight is 293 g/mol. The summed E-state index contributed by atoms with van der Waals surface area (Å²) in [6.07, 6.45) is 1.40. The molecule has 0 aliphatic rings. The molecule has 0 aliphatic heterocycles. The van der Waals surface area contributed by atoms with Crippen LogP contribution in [0.3, 0.4) is 0 Å². The fourth-order valence-corrected chi connectivity index (χ4v) is 2.25. The van der Waals surface area contributed by atoms with Crippen LogP contribution in [-0.2, 0) is 6.54 Å². The van der Waals surface area contributed by atoms with Crippen LogP contribution in [0.1, 0.15) is 28.5 Å². The summed E-state index contributed by atoms with van der Waals surface area (Å²) in [5.41, 5.74) is 7.53. The number of fused-ring (bicyclic) bond motifs is 1. The minimum atomic E-state index is 0.0706. The molecule has 0 radical (unpaired) electrons. The molecule has 0 aliphatic carbocycles. The van der Waals surface area contributed by atoms with Gasteiger partial charge in [0.15, 0.2) is 17.2 Å². The summed E-state index contributed by atoms with van der Waals surface area (Å²) in [6.45, 7) is 3.90. The van der Waals surface area contributed by atoms with Crippen molar-refractivity contribution in [1.29, 1.82) is 10.5 Å². The van der Waals surface area contributed by atoms with E-state index in [1.807, 2.05) is 26.0 Å². The number of nitrogens with two attached hydrogens (primary N) is 1. The lowest BCUT2D eigenvalue weighted by Gasteiger charge is -2.04. The zero-order valence-electron chi connectivity index (χ0n) is 12.0. The number of nitrogen functional groups attached to an aromatic ring is 1. The van der Waals surface area contributed by atoms with Crippen molar-refractivity contribution in [2.75, 3.05) is 5.73 Å². The third-order valence-corrected chi connectivity index (χ3v) is 3.46. The monoisotopic (exact) mass is 293 g/mol. The zero-order chi connectivity index (χ0) is 15.9. The van der Waals surface area contributed by atoms with Crippen molar-refractivity contribution < 1.29 is 4.42 Å². The van der Waals surface area contributed by atoms with Gasteiger partial charge in [-0.2, -0.15) is 15.5 Å².